The number of aryl methyl sites for hydroxylation is 1. The summed E-state index contributed by atoms with van der Waals surface area (Å²) in [5.41, 5.74) is 5.32. The highest BCUT2D eigenvalue weighted by Gasteiger charge is 2.19. The van der Waals surface area contributed by atoms with E-state index in [2.05, 4.69) is 51.7 Å². The van der Waals surface area contributed by atoms with Gasteiger partial charge in [-0.15, -0.1) is 0 Å². The average molecular weight is 332 g/mol. The van der Waals surface area contributed by atoms with Crippen LogP contribution in [-0.2, 0) is 26.7 Å². The number of carbonyl (C=O) groups is 1. The molecular formula is C20H20N4O. The van der Waals surface area contributed by atoms with Gasteiger partial charge in [-0.2, -0.15) is 5.10 Å². The van der Waals surface area contributed by atoms with Crippen LogP contribution in [0.25, 0.3) is 0 Å². The minimum Gasteiger partial charge on any atom is -0.322 e. The lowest BCUT2D eigenvalue weighted by Crippen LogP contribution is -2.15. The van der Waals surface area contributed by atoms with Crippen molar-refractivity contribution in [2.75, 3.05) is 5.32 Å². The molecule has 5 heteroatoms. The van der Waals surface area contributed by atoms with Crippen molar-refractivity contribution < 1.29 is 4.79 Å². The van der Waals surface area contributed by atoms with Crippen molar-refractivity contribution in [3.8, 4) is 0 Å². The SMILES string of the molecule is Cn1cc(C(=O)Nc2ccc3c(c2)CN(Cc2ccccc2)C3)cn1. The lowest BCUT2D eigenvalue weighted by molar-refractivity contribution is 0.102. The highest BCUT2D eigenvalue weighted by molar-refractivity contribution is 6.04. The highest BCUT2D eigenvalue weighted by Crippen LogP contribution is 2.27. The number of amides is 1. The number of hydrogen-bond acceptors (Lipinski definition) is 3. The number of benzene rings is 2. The molecule has 0 fully saturated rings. The van der Waals surface area contributed by atoms with Gasteiger partial charge in [0.15, 0.2) is 0 Å². The van der Waals surface area contributed by atoms with E-state index in [1.54, 1.807) is 24.1 Å². The first-order valence-electron chi connectivity index (χ1n) is 8.35. The number of nitrogens with one attached hydrogen (secondary N) is 1. The van der Waals surface area contributed by atoms with E-state index in [0.29, 0.717) is 5.56 Å². The molecule has 4 rings (SSSR count). The summed E-state index contributed by atoms with van der Waals surface area (Å²) >= 11 is 0. The molecule has 0 bridgehead atoms. The third-order valence-electron chi connectivity index (χ3n) is 4.47. The molecule has 0 unspecified atom stereocenters. The third kappa shape index (κ3) is 3.46. The van der Waals surface area contributed by atoms with Gasteiger partial charge < -0.3 is 5.32 Å². The van der Waals surface area contributed by atoms with Crippen LogP contribution in [0.5, 0.6) is 0 Å². The zero-order chi connectivity index (χ0) is 17.2. The van der Waals surface area contributed by atoms with Gasteiger partial charge in [0.2, 0.25) is 0 Å². The minimum absolute atomic E-state index is 0.132. The number of aromatic nitrogens is 2. The number of rotatable bonds is 4. The van der Waals surface area contributed by atoms with Gasteiger partial charge in [0.1, 0.15) is 0 Å². The molecule has 1 N–H and O–H groups in total. The lowest BCUT2D eigenvalue weighted by atomic mass is 10.1. The third-order valence-corrected chi connectivity index (χ3v) is 4.47. The Labute approximate surface area is 146 Å². The molecule has 3 aromatic rings. The fraction of sp³-hybridized carbons (Fsp3) is 0.200. The van der Waals surface area contributed by atoms with Gasteiger partial charge in [0.25, 0.3) is 5.91 Å². The summed E-state index contributed by atoms with van der Waals surface area (Å²) in [6.07, 6.45) is 3.29. The van der Waals surface area contributed by atoms with E-state index in [1.165, 1.54) is 16.7 Å². The normalized spacial score (nSPS) is 13.6. The van der Waals surface area contributed by atoms with Crippen molar-refractivity contribution in [1.82, 2.24) is 14.7 Å². The number of fused-ring (bicyclic) bond motifs is 1. The molecule has 126 valence electrons. The zero-order valence-electron chi connectivity index (χ0n) is 14.1. The Morgan fingerprint density at radius 1 is 1.12 bits per heavy atom. The molecule has 1 aromatic heterocycles. The van der Waals surface area contributed by atoms with Crippen molar-refractivity contribution in [2.24, 2.45) is 7.05 Å². The second-order valence-corrected chi connectivity index (χ2v) is 6.47. The topological polar surface area (TPSA) is 50.2 Å². The summed E-state index contributed by atoms with van der Waals surface area (Å²) in [5.74, 6) is -0.132. The van der Waals surface area contributed by atoms with Crippen LogP contribution in [0.3, 0.4) is 0 Å². The fourth-order valence-corrected chi connectivity index (χ4v) is 3.24. The van der Waals surface area contributed by atoms with E-state index in [4.69, 9.17) is 0 Å². The molecule has 1 amide bonds. The number of hydrogen-bond donors (Lipinski definition) is 1. The van der Waals surface area contributed by atoms with Crippen molar-refractivity contribution >= 4 is 11.6 Å². The van der Waals surface area contributed by atoms with E-state index < -0.39 is 0 Å². The van der Waals surface area contributed by atoms with Crippen molar-refractivity contribution in [3.05, 3.63) is 83.2 Å². The quantitative estimate of drug-likeness (QED) is 0.798. The summed E-state index contributed by atoms with van der Waals surface area (Å²) < 4.78 is 1.62. The number of nitrogens with zero attached hydrogens (tertiary/aromatic N) is 3. The maximum atomic E-state index is 12.3. The van der Waals surface area contributed by atoms with Crippen LogP contribution in [0.1, 0.15) is 27.0 Å². The molecular weight excluding hydrogens is 312 g/mol. The first kappa shape index (κ1) is 15.6. The molecule has 0 saturated heterocycles. The Bertz CT molecular complexity index is 901. The Morgan fingerprint density at radius 3 is 2.68 bits per heavy atom. The van der Waals surface area contributed by atoms with Crippen LogP contribution in [0.4, 0.5) is 5.69 Å². The van der Waals surface area contributed by atoms with E-state index in [9.17, 15) is 4.79 Å². The Morgan fingerprint density at radius 2 is 1.92 bits per heavy atom. The second kappa shape index (κ2) is 6.53. The molecule has 1 aliphatic heterocycles. The van der Waals surface area contributed by atoms with Crippen LogP contribution in [0.2, 0.25) is 0 Å². The molecule has 5 nitrogen and oxygen atoms in total. The number of anilines is 1. The molecule has 0 saturated carbocycles. The van der Waals surface area contributed by atoms with Crippen LogP contribution in [-0.4, -0.2) is 20.6 Å². The molecule has 2 aromatic carbocycles. The van der Waals surface area contributed by atoms with Gasteiger partial charge in [0.05, 0.1) is 11.8 Å². The minimum atomic E-state index is -0.132. The summed E-state index contributed by atoms with van der Waals surface area (Å²) in [6.45, 7) is 2.79. The fourth-order valence-electron chi connectivity index (χ4n) is 3.24. The maximum Gasteiger partial charge on any atom is 0.258 e. The first-order chi connectivity index (χ1) is 12.2. The monoisotopic (exact) mass is 332 g/mol. The maximum absolute atomic E-state index is 12.3. The largest absolute Gasteiger partial charge is 0.322 e. The summed E-state index contributed by atoms with van der Waals surface area (Å²) in [5, 5.41) is 6.99. The predicted molar refractivity (Wildman–Crippen MR) is 97.0 cm³/mol. The Balaban J connectivity index is 1.44. The summed E-state index contributed by atoms with van der Waals surface area (Å²) in [6, 6.07) is 16.7. The molecule has 0 aliphatic carbocycles. The molecule has 25 heavy (non-hydrogen) atoms. The predicted octanol–water partition coefficient (Wildman–Crippen LogP) is 3.19. The smallest absolute Gasteiger partial charge is 0.258 e. The van der Waals surface area contributed by atoms with E-state index in [-0.39, 0.29) is 5.91 Å². The van der Waals surface area contributed by atoms with Crippen LogP contribution >= 0.6 is 0 Å². The molecule has 1 aliphatic rings. The van der Waals surface area contributed by atoms with E-state index in [0.717, 1.165) is 25.3 Å². The first-order valence-corrected chi connectivity index (χ1v) is 8.35. The van der Waals surface area contributed by atoms with E-state index >= 15 is 0 Å². The molecule has 0 radical (unpaired) electrons. The molecule has 0 atom stereocenters. The average Bonchev–Trinajstić information content (AvgIpc) is 3.21. The van der Waals surface area contributed by atoms with Gasteiger partial charge in [0, 0.05) is 38.6 Å². The van der Waals surface area contributed by atoms with Gasteiger partial charge in [-0.05, 0) is 28.8 Å². The van der Waals surface area contributed by atoms with Gasteiger partial charge >= 0.3 is 0 Å². The number of carbonyl (C=O) groups excluding carboxylic acids is 1. The highest BCUT2D eigenvalue weighted by atomic mass is 16.1. The standard InChI is InChI=1S/C20H20N4O/c1-23-12-18(10-21-23)20(25)22-19-8-7-16-13-24(14-17(16)9-19)11-15-5-3-2-4-6-15/h2-10,12H,11,13-14H2,1H3,(H,22,25). The van der Waals surface area contributed by atoms with Crippen molar-refractivity contribution in [3.63, 3.8) is 0 Å². The second-order valence-electron chi connectivity index (χ2n) is 6.47. The Hall–Kier alpha value is -2.92. The van der Waals surface area contributed by atoms with Crippen molar-refractivity contribution in [2.45, 2.75) is 19.6 Å². The summed E-state index contributed by atoms with van der Waals surface area (Å²) in [4.78, 5) is 14.7. The molecule has 0 spiro atoms. The Kier molecular flexibility index (Phi) is 4.07. The van der Waals surface area contributed by atoms with Gasteiger partial charge in [-0.1, -0.05) is 36.4 Å². The van der Waals surface area contributed by atoms with E-state index in [1.807, 2.05) is 12.1 Å². The van der Waals surface area contributed by atoms with Gasteiger partial charge in [-0.3, -0.25) is 14.4 Å². The zero-order valence-corrected chi connectivity index (χ0v) is 14.1. The van der Waals surface area contributed by atoms with Crippen LogP contribution in [0.15, 0.2) is 60.9 Å². The van der Waals surface area contributed by atoms with Crippen molar-refractivity contribution in [1.29, 1.82) is 0 Å². The van der Waals surface area contributed by atoms with Crippen LogP contribution < -0.4 is 5.32 Å². The summed E-state index contributed by atoms with van der Waals surface area (Å²) in [7, 11) is 1.80. The van der Waals surface area contributed by atoms with Gasteiger partial charge in [-0.25, -0.2) is 0 Å². The molecule has 2 heterocycles. The van der Waals surface area contributed by atoms with Crippen LogP contribution in [0, 0.1) is 0 Å². The lowest BCUT2D eigenvalue weighted by Gasteiger charge is -2.14.